The van der Waals surface area contributed by atoms with Gasteiger partial charge in [0.15, 0.2) is 0 Å². The van der Waals surface area contributed by atoms with E-state index in [1.54, 1.807) is 19.2 Å². The van der Waals surface area contributed by atoms with E-state index in [-0.39, 0.29) is 17.1 Å². The molecule has 1 saturated heterocycles. The monoisotopic (exact) mass is 377 g/mol. The summed E-state index contributed by atoms with van der Waals surface area (Å²) in [7, 11) is -1.94. The molecule has 0 aliphatic carbocycles. The van der Waals surface area contributed by atoms with Gasteiger partial charge < -0.3 is 10.1 Å². The first-order valence-electron chi connectivity index (χ1n) is 8.97. The Morgan fingerprint density at radius 3 is 2.19 bits per heavy atom. The average Bonchev–Trinajstić information content (AvgIpc) is 2.50. The van der Waals surface area contributed by atoms with Gasteiger partial charge in [-0.15, -0.1) is 0 Å². The third kappa shape index (κ3) is 4.19. The lowest BCUT2D eigenvalue weighted by atomic mass is 9.80. The normalized spacial score (nSPS) is 20.2. The zero-order chi connectivity index (χ0) is 19.2. The lowest BCUT2D eigenvalue weighted by Crippen LogP contribution is -3.06. The zero-order valence-corrected chi connectivity index (χ0v) is 17.0. The fraction of sp³-hybridized carbons (Fsp3) is 0.500. The van der Waals surface area contributed by atoms with Crippen LogP contribution >= 0.6 is 0 Å². The van der Waals surface area contributed by atoms with Crippen LogP contribution in [0.1, 0.15) is 40.5 Å². The Morgan fingerprint density at radius 2 is 1.58 bits per heavy atom. The molecule has 2 aromatic rings. The molecule has 0 radical (unpaired) electrons. The van der Waals surface area contributed by atoms with Gasteiger partial charge in [0, 0.05) is 18.9 Å². The second-order valence-electron chi connectivity index (χ2n) is 8.72. The Labute approximate surface area is 156 Å². The number of nitrogens with one attached hydrogen (secondary N) is 1. The number of ether oxygens (including phenoxy) is 1. The molecule has 1 aliphatic heterocycles. The Bertz CT molecular complexity index is 904. The smallest absolute Gasteiger partial charge is 0.240 e. The molecule has 1 heterocycles. The topological polar surface area (TPSA) is 72.0 Å². The van der Waals surface area contributed by atoms with Crippen molar-refractivity contribution in [1.82, 2.24) is 4.72 Å². The number of benzene rings is 2. The molecule has 0 aromatic heterocycles. The van der Waals surface area contributed by atoms with Crippen molar-refractivity contribution in [2.75, 3.05) is 7.11 Å². The van der Waals surface area contributed by atoms with Crippen LogP contribution < -0.4 is 14.8 Å². The number of quaternary nitrogens is 1. The van der Waals surface area contributed by atoms with Crippen molar-refractivity contribution in [3.8, 4) is 5.75 Å². The third-order valence-electron chi connectivity index (χ3n) is 4.98. The predicted molar refractivity (Wildman–Crippen MR) is 104 cm³/mol. The van der Waals surface area contributed by atoms with Gasteiger partial charge in [-0.1, -0.05) is 12.1 Å². The first-order chi connectivity index (χ1) is 12.0. The van der Waals surface area contributed by atoms with Crippen molar-refractivity contribution in [2.45, 2.75) is 62.6 Å². The largest absolute Gasteiger partial charge is 0.497 e. The van der Waals surface area contributed by atoms with Gasteiger partial charge in [-0.25, -0.2) is 13.1 Å². The Balaban J connectivity index is 1.87. The van der Waals surface area contributed by atoms with Gasteiger partial charge in [0.05, 0.1) is 23.1 Å². The van der Waals surface area contributed by atoms with Crippen molar-refractivity contribution < 1.29 is 18.5 Å². The van der Waals surface area contributed by atoms with Crippen LogP contribution in [0, 0.1) is 0 Å². The summed E-state index contributed by atoms with van der Waals surface area (Å²) < 4.78 is 34.0. The van der Waals surface area contributed by atoms with Crippen LogP contribution in [0.15, 0.2) is 41.3 Å². The predicted octanol–water partition coefficient (Wildman–Crippen LogP) is 2.41. The number of hydrogen-bond acceptors (Lipinski definition) is 3. The highest BCUT2D eigenvalue weighted by Crippen LogP contribution is 2.26. The molecule has 142 valence electrons. The maximum absolute atomic E-state index is 12.9. The molecule has 0 amide bonds. The van der Waals surface area contributed by atoms with Gasteiger partial charge in [0.1, 0.15) is 5.75 Å². The number of fused-ring (bicyclic) bond motifs is 1. The van der Waals surface area contributed by atoms with Crippen LogP contribution in [-0.4, -0.2) is 32.6 Å². The summed E-state index contributed by atoms with van der Waals surface area (Å²) in [5.41, 5.74) is 0.0176. The molecule has 5 nitrogen and oxygen atoms in total. The lowest BCUT2D eigenvalue weighted by molar-refractivity contribution is -0.787. The van der Waals surface area contributed by atoms with E-state index in [2.05, 4.69) is 37.7 Å². The van der Waals surface area contributed by atoms with Gasteiger partial charge in [-0.3, -0.25) is 0 Å². The molecule has 2 aromatic carbocycles. The van der Waals surface area contributed by atoms with Gasteiger partial charge in [-0.05, 0) is 62.7 Å². The molecule has 26 heavy (non-hydrogen) atoms. The molecule has 3 N–H and O–H groups in total. The number of hydrogen-bond donors (Lipinski definition) is 2. The molecule has 0 saturated carbocycles. The van der Waals surface area contributed by atoms with E-state index < -0.39 is 10.0 Å². The fourth-order valence-corrected chi connectivity index (χ4v) is 5.66. The van der Waals surface area contributed by atoms with E-state index in [1.807, 2.05) is 24.3 Å². The van der Waals surface area contributed by atoms with E-state index in [4.69, 9.17) is 4.74 Å². The van der Waals surface area contributed by atoms with Crippen molar-refractivity contribution in [3.63, 3.8) is 0 Å². The zero-order valence-electron chi connectivity index (χ0n) is 16.2. The standard InChI is InChI=1S/C20H28N2O3S/c1-19(2)12-16(13-20(3,4)22-19)21-26(23,24)18-9-7-14-10-17(25-5)8-6-15(14)11-18/h6-11,16,21-22H,12-13H2,1-5H3/p+1. The molecule has 3 rings (SSSR count). The Morgan fingerprint density at radius 1 is 1.00 bits per heavy atom. The van der Waals surface area contributed by atoms with Gasteiger partial charge in [-0.2, -0.15) is 0 Å². The second kappa shape index (κ2) is 6.51. The minimum atomic E-state index is -3.56. The van der Waals surface area contributed by atoms with Crippen LogP contribution in [-0.2, 0) is 10.0 Å². The summed E-state index contributed by atoms with van der Waals surface area (Å²) in [4.78, 5) is 0.306. The maximum atomic E-state index is 12.9. The number of methoxy groups -OCH3 is 1. The highest BCUT2D eigenvalue weighted by molar-refractivity contribution is 7.89. The van der Waals surface area contributed by atoms with E-state index >= 15 is 0 Å². The summed E-state index contributed by atoms with van der Waals surface area (Å²) in [5, 5.41) is 4.18. The number of piperidine rings is 1. The number of rotatable bonds is 4. The van der Waals surface area contributed by atoms with Crippen LogP contribution in [0.4, 0.5) is 0 Å². The number of nitrogens with two attached hydrogens (primary N) is 1. The minimum absolute atomic E-state index is 0.00880. The molecule has 6 heteroatoms. The van der Waals surface area contributed by atoms with E-state index in [0.29, 0.717) is 4.90 Å². The SMILES string of the molecule is COc1ccc2cc(S(=O)(=O)NC3CC(C)(C)[NH2+]C(C)(C)C3)ccc2c1. The van der Waals surface area contributed by atoms with Crippen LogP contribution in [0.2, 0.25) is 0 Å². The minimum Gasteiger partial charge on any atom is -0.497 e. The lowest BCUT2D eigenvalue weighted by Gasteiger charge is -2.43. The fourth-order valence-electron chi connectivity index (χ4n) is 4.38. The molecule has 0 spiro atoms. The second-order valence-corrected chi connectivity index (χ2v) is 10.4. The summed E-state index contributed by atoms with van der Waals surface area (Å²) in [6, 6.07) is 10.8. The van der Waals surface area contributed by atoms with Crippen molar-refractivity contribution >= 4 is 20.8 Å². The quantitative estimate of drug-likeness (QED) is 0.859. The number of sulfonamides is 1. The summed E-state index contributed by atoms with van der Waals surface area (Å²) in [6.45, 7) is 8.66. The van der Waals surface area contributed by atoms with Crippen LogP contribution in [0.25, 0.3) is 10.8 Å². The van der Waals surface area contributed by atoms with Gasteiger partial charge in [0.2, 0.25) is 10.0 Å². The molecular formula is C20H29N2O3S+. The molecule has 0 unspecified atom stereocenters. The van der Waals surface area contributed by atoms with Crippen LogP contribution in [0.5, 0.6) is 5.75 Å². The Hall–Kier alpha value is -1.63. The highest BCUT2D eigenvalue weighted by Gasteiger charge is 2.42. The van der Waals surface area contributed by atoms with E-state index in [1.165, 1.54) is 0 Å². The van der Waals surface area contributed by atoms with Crippen LogP contribution in [0.3, 0.4) is 0 Å². The molecule has 0 bridgehead atoms. The summed E-state index contributed by atoms with van der Waals surface area (Å²) >= 11 is 0. The van der Waals surface area contributed by atoms with Gasteiger partial charge in [0.25, 0.3) is 0 Å². The van der Waals surface area contributed by atoms with Crippen molar-refractivity contribution in [2.24, 2.45) is 0 Å². The first kappa shape index (κ1) is 19.1. The molecule has 1 fully saturated rings. The third-order valence-corrected chi connectivity index (χ3v) is 6.50. The molecular weight excluding hydrogens is 348 g/mol. The molecule has 0 atom stereocenters. The molecule has 1 aliphatic rings. The maximum Gasteiger partial charge on any atom is 0.240 e. The average molecular weight is 378 g/mol. The van der Waals surface area contributed by atoms with E-state index in [9.17, 15) is 8.42 Å². The first-order valence-corrected chi connectivity index (χ1v) is 10.5. The highest BCUT2D eigenvalue weighted by atomic mass is 32.2. The van der Waals surface area contributed by atoms with Gasteiger partial charge >= 0.3 is 0 Å². The summed E-state index contributed by atoms with van der Waals surface area (Å²) in [5.74, 6) is 0.758. The Kier molecular flexibility index (Phi) is 4.80. The van der Waals surface area contributed by atoms with Crippen molar-refractivity contribution in [1.29, 1.82) is 0 Å². The summed E-state index contributed by atoms with van der Waals surface area (Å²) in [6.07, 6.45) is 1.61. The van der Waals surface area contributed by atoms with E-state index in [0.717, 1.165) is 29.4 Å². The van der Waals surface area contributed by atoms with Crippen molar-refractivity contribution in [3.05, 3.63) is 36.4 Å².